The fraction of sp³-hybridized carbons (Fsp3) is 0. The molecule has 0 radical (unpaired) electrons. The summed E-state index contributed by atoms with van der Waals surface area (Å²) in [6.45, 7) is 0. The van der Waals surface area contributed by atoms with Crippen LogP contribution in [0.5, 0.6) is 0 Å². The normalized spacial score (nSPS) is 9.67. The number of carboxylic acid groups (broad SMARTS) is 1. The number of halogens is 2. The first kappa shape index (κ1) is 15.6. The van der Waals surface area contributed by atoms with Crippen molar-refractivity contribution in [2.45, 2.75) is 0 Å². The first-order chi connectivity index (χ1) is 8.06. The molecule has 2 aromatic heterocycles. The summed E-state index contributed by atoms with van der Waals surface area (Å²) in [6, 6.07) is 3.83. The van der Waals surface area contributed by atoms with Gasteiger partial charge in [0.05, 0.1) is 5.69 Å². The van der Waals surface area contributed by atoms with Crippen LogP contribution in [0, 0.1) is 5.95 Å². The Morgan fingerprint density at radius 1 is 1.39 bits per heavy atom. The fourth-order valence-electron chi connectivity index (χ4n) is 1.24. The van der Waals surface area contributed by atoms with Crippen LogP contribution in [0.1, 0.15) is 11.9 Å². The van der Waals surface area contributed by atoms with Crippen molar-refractivity contribution in [1.82, 2.24) is 15.0 Å². The van der Waals surface area contributed by atoms with E-state index in [1.165, 1.54) is 18.3 Å². The summed E-state index contributed by atoms with van der Waals surface area (Å²) in [7, 11) is 0. The molecule has 0 saturated carbocycles. The zero-order valence-electron chi connectivity index (χ0n) is 10.3. The maximum atomic E-state index is 12.9. The molecule has 0 bridgehead atoms. The number of aromatic nitrogens is 3. The van der Waals surface area contributed by atoms with Crippen molar-refractivity contribution in [3.05, 3.63) is 41.3 Å². The van der Waals surface area contributed by atoms with Crippen LogP contribution in [0.15, 0.2) is 24.4 Å². The Balaban J connectivity index is 0.00000162. The summed E-state index contributed by atoms with van der Waals surface area (Å²) >= 11 is 5.59. The second kappa shape index (κ2) is 6.64. The Morgan fingerprint density at radius 2 is 2.11 bits per heavy atom. The third-order valence-corrected chi connectivity index (χ3v) is 2.11. The number of carbonyl (C=O) groups is 1. The minimum Gasteiger partial charge on any atom is -1.00 e. The van der Waals surface area contributed by atoms with E-state index in [0.717, 1.165) is 6.07 Å². The van der Waals surface area contributed by atoms with Gasteiger partial charge >= 0.3 is 57.4 Å². The van der Waals surface area contributed by atoms with Crippen LogP contribution in [0.4, 0.5) is 4.39 Å². The molecule has 0 aromatic carbocycles. The van der Waals surface area contributed by atoms with Gasteiger partial charge in [-0.25, -0.2) is 19.7 Å². The number of hydrogen-bond acceptors (Lipinski definition) is 4. The van der Waals surface area contributed by atoms with Crippen LogP contribution in [-0.4, -0.2) is 26.0 Å². The van der Waals surface area contributed by atoms with Gasteiger partial charge in [-0.05, 0) is 23.7 Å². The molecule has 0 atom stereocenters. The molecule has 18 heavy (non-hydrogen) atoms. The molecule has 0 spiro atoms. The summed E-state index contributed by atoms with van der Waals surface area (Å²) < 4.78 is 12.9. The largest absolute Gasteiger partial charge is 1.00 e. The van der Waals surface area contributed by atoms with Gasteiger partial charge in [-0.2, -0.15) is 4.39 Å². The van der Waals surface area contributed by atoms with Crippen LogP contribution >= 0.6 is 11.6 Å². The van der Waals surface area contributed by atoms with Gasteiger partial charge in [0.2, 0.25) is 11.2 Å². The maximum absolute atomic E-state index is 12.9. The zero-order chi connectivity index (χ0) is 12.4. The fourth-order valence-corrected chi connectivity index (χ4v) is 1.42. The summed E-state index contributed by atoms with van der Waals surface area (Å²) in [4.78, 5) is 21.5. The minimum absolute atomic E-state index is 0. The molecule has 2 aromatic rings. The molecule has 5 nitrogen and oxygen atoms in total. The topological polar surface area (TPSA) is 76.0 Å². The van der Waals surface area contributed by atoms with Crippen LogP contribution in [0.25, 0.3) is 11.3 Å². The van der Waals surface area contributed by atoms with E-state index in [1.54, 1.807) is 0 Å². The quantitative estimate of drug-likeness (QED) is 0.443. The monoisotopic (exact) mass is 293 g/mol. The van der Waals surface area contributed by atoms with Gasteiger partial charge in [0.25, 0.3) is 0 Å². The van der Waals surface area contributed by atoms with Crippen molar-refractivity contribution < 1.29 is 67.1 Å². The molecular formula is C10H6ClFKN3O2. The van der Waals surface area contributed by atoms with Crippen molar-refractivity contribution in [2.24, 2.45) is 0 Å². The Morgan fingerprint density at radius 3 is 2.72 bits per heavy atom. The van der Waals surface area contributed by atoms with E-state index in [-0.39, 0.29) is 69.5 Å². The molecule has 0 aliphatic rings. The number of aromatic carboxylic acids is 1. The summed E-state index contributed by atoms with van der Waals surface area (Å²) in [5.74, 6) is -1.92. The smallest absolute Gasteiger partial charge is 1.00 e. The first-order valence-corrected chi connectivity index (χ1v) is 4.84. The maximum Gasteiger partial charge on any atom is 1.00 e. The number of carboxylic acids is 1. The number of rotatable bonds is 2. The molecule has 0 saturated heterocycles. The van der Waals surface area contributed by atoms with Gasteiger partial charge < -0.3 is 6.53 Å². The minimum atomic E-state index is -1.23. The van der Waals surface area contributed by atoms with Crippen LogP contribution in [0.2, 0.25) is 5.28 Å². The van der Waals surface area contributed by atoms with Gasteiger partial charge in [0.15, 0.2) is 5.69 Å². The van der Waals surface area contributed by atoms with Gasteiger partial charge in [-0.15, -0.1) is 0 Å². The van der Waals surface area contributed by atoms with Crippen molar-refractivity contribution >= 4 is 17.6 Å². The van der Waals surface area contributed by atoms with E-state index < -0.39 is 11.9 Å². The van der Waals surface area contributed by atoms with E-state index in [2.05, 4.69) is 15.0 Å². The summed E-state index contributed by atoms with van der Waals surface area (Å²) in [6.07, 6.45) is 1.25. The molecule has 1 N–H and O–H groups in total. The molecular weight excluding hydrogens is 288 g/mol. The average molecular weight is 294 g/mol. The van der Waals surface area contributed by atoms with Crippen molar-refractivity contribution in [3.63, 3.8) is 0 Å². The van der Waals surface area contributed by atoms with Gasteiger partial charge in [-0.3, -0.25) is 0 Å². The third-order valence-electron chi connectivity index (χ3n) is 1.94. The average Bonchev–Trinajstić information content (AvgIpc) is 2.28. The van der Waals surface area contributed by atoms with Crippen molar-refractivity contribution in [2.75, 3.05) is 0 Å². The molecule has 8 heteroatoms. The predicted octanol–water partition coefficient (Wildman–Crippen LogP) is -0.854. The van der Waals surface area contributed by atoms with Crippen LogP contribution in [0.3, 0.4) is 0 Å². The number of nitrogens with zero attached hydrogens (tertiary/aromatic N) is 3. The summed E-state index contributed by atoms with van der Waals surface area (Å²) in [5.41, 5.74) is 0.352. The van der Waals surface area contributed by atoms with Gasteiger partial charge in [0, 0.05) is 17.8 Å². The Kier molecular flexibility index (Phi) is 5.76. The summed E-state index contributed by atoms with van der Waals surface area (Å²) in [5, 5.41) is 8.59. The SMILES string of the molecule is O=C(O)c1cc(-c2ccnc(F)c2)nc(Cl)n1.[H-].[K+]. The molecule has 0 amide bonds. The van der Waals surface area contributed by atoms with E-state index in [0.29, 0.717) is 5.56 Å². The van der Waals surface area contributed by atoms with E-state index in [1.807, 2.05) is 0 Å². The predicted molar refractivity (Wildman–Crippen MR) is 58.3 cm³/mol. The van der Waals surface area contributed by atoms with E-state index in [9.17, 15) is 9.18 Å². The number of hydrogen-bond donors (Lipinski definition) is 1. The molecule has 2 rings (SSSR count). The number of pyridine rings is 1. The molecule has 0 fully saturated rings. The molecule has 0 aliphatic carbocycles. The van der Waals surface area contributed by atoms with Gasteiger partial charge in [-0.1, -0.05) is 0 Å². The Bertz CT molecular complexity index is 603. The van der Waals surface area contributed by atoms with Crippen molar-refractivity contribution in [1.29, 1.82) is 0 Å². The molecule has 88 valence electrons. The molecule has 0 unspecified atom stereocenters. The first-order valence-electron chi connectivity index (χ1n) is 4.46. The Labute approximate surface area is 150 Å². The third kappa shape index (κ3) is 3.77. The van der Waals surface area contributed by atoms with Crippen LogP contribution < -0.4 is 51.4 Å². The second-order valence-electron chi connectivity index (χ2n) is 3.08. The van der Waals surface area contributed by atoms with Gasteiger partial charge in [0.1, 0.15) is 0 Å². The molecule has 2 heterocycles. The van der Waals surface area contributed by atoms with E-state index >= 15 is 0 Å². The molecule has 0 aliphatic heterocycles. The van der Waals surface area contributed by atoms with E-state index in [4.69, 9.17) is 16.7 Å². The second-order valence-corrected chi connectivity index (χ2v) is 3.42. The zero-order valence-corrected chi connectivity index (χ0v) is 13.1. The van der Waals surface area contributed by atoms with Crippen LogP contribution in [-0.2, 0) is 0 Å². The Hall–Kier alpha value is -0.444. The van der Waals surface area contributed by atoms with Crippen molar-refractivity contribution in [3.8, 4) is 11.3 Å². The standard InChI is InChI=1S/C10H5ClFN3O2.K.H/c11-10-14-6(4-7(15-10)9(16)17)5-1-2-13-8(12)3-5;;/h1-4H,(H,16,17);;/q;+1;-1.